The highest BCUT2D eigenvalue weighted by atomic mass is 16.7. The Morgan fingerprint density at radius 1 is 1.47 bits per heavy atom. The van der Waals surface area contributed by atoms with Crippen molar-refractivity contribution in [2.45, 2.75) is 25.7 Å². The number of hydrogen-bond donors (Lipinski definition) is 1. The minimum atomic E-state index is -0.451. The van der Waals surface area contributed by atoms with E-state index in [1.54, 1.807) is 10.9 Å². The molecule has 2 heterocycles. The summed E-state index contributed by atoms with van der Waals surface area (Å²) in [4.78, 5) is 0. The highest BCUT2D eigenvalue weighted by Gasteiger charge is 2.28. The van der Waals surface area contributed by atoms with Gasteiger partial charge in [0.2, 0.25) is 0 Å². The van der Waals surface area contributed by atoms with Gasteiger partial charge >= 0.3 is 0 Å². The van der Waals surface area contributed by atoms with Gasteiger partial charge in [0, 0.05) is 13.2 Å². The number of aryl methyl sites for hydroxylation is 1. The largest absolute Gasteiger partial charge is 0.375 e. The Labute approximate surface area is 89.4 Å². The molecule has 0 aromatic carbocycles. The molecule has 0 unspecified atom stereocenters. The van der Waals surface area contributed by atoms with Crippen molar-refractivity contribution in [3.8, 4) is 0 Å². The molecule has 15 heavy (non-hydrogen) atoms. The summed E-state index contributed by atoms with van der Waals surface area (Å²) in [6.45, 7) is 5.16. The van der Waals surface area contributed by atoms with Gasteiger partial charge in [0.25, 0.3) is 0 Å². The molecular weight excluding hydrogens is 194 g/mol. The number of anilines is 1. The van der Waals surface area contributed by atoms with Gasteiger partial charge in [0.15, 0.2) is 5.79 Å². The van der Waals surface area contributed by atoms with Crippen molar-refractivity contribution in [1.82, 2.24) is 9.78 Å². The molecule has 1 aromatic rings. The molecule has 84 valence electrons. The summed E-state index contributed by atoms with van der Waals surface area (Å²) in [5.74, 6) is -0.451. The van der Waals surface area contributed by atoms with E-state index in [0.29, 0.717) is 13.2 Å². The van der Waals surface area contributed by atoms with E-state index in [-0.39, 0.29) is 6.04 Å². The number of rotatable bonds is 2. The normalized spacial score (nSPS) is 21.5. The zero-order chi connectivity index (χ0) is 10.9. The van der Waals surface area contributed by atoms with Crippen LogP contribution in [0.25, 0.3) is 0 Å². The number of nitrogens with one attached hydrogen (secondary N) is 1. The molecule has 1 N–H and O–H groups in total. The lowest BCUT2D eigenvalue weighted by Gasteiger charge is -2.35. The van der Waals surface area contributed by atoms with E-state index in [2.05, 4.69) is 10.4 Å². The molecule has 0 radical (unpaired) electrons. The third-order valence-corrected chi connectivity index (χ3v) is 2.34. The first-order valence-corrected chi connectivity index (χ1v) is 5.08. The van der Waals surface area contributed by atoms with Crippen LogP contribution in [0.2, 0.25) is 0 Å². The summed E-state index contributed by atoms with van der Waals surface area (Å²) in [6.07, 6.45) is 3.72. The summed E-state index contributed by atoms with van der Waals surface area (Å²) in [6, 6.07) is 0.197. The summed E-state index contributed by atoms with van der Waals surface area (Å²) in [5, 5.41) is 7.39. The Morgan fingerprint density at radius 3 is 2.67 bits per heavy atom. The molecule has 0 aliphatic carbocycles. The monoisotopic (exact) mass is 211 g/mol. The molecule has 5 heteroatoms. The Morgan fingerprint density at radius 2 is 2.13 bits per heavy atom. The number of aromatic nitrogens is 2. The predicted molar refractivity (Wildman–Crippen MR) is 56.6 cm³/mol. The zero-order valence-corrected chi connectivity index (χ0v) is 9.36. The van der Waals surface area contributed by atoms with Crippen LogP contribution in [0, 0.1) is 0 Å². The van der Waals surface area contributed by atoms with E-state index in [1.165, 1.54) is 0 Å². The first-order chi connectivity index (χ1) is 7.05. The zero-order valence-electron chi connectivity index (χ0n) is 9.36. The predicted octanol–water partition coefficient (Wildman–Crippen LogP) is 0.983. The maximum absolute atomic E-state index is 5.54. The molecular formula is C10H17N3O2. The lowest BCUT2D eigenvalue weighted by Crippen LogP contribution is -2.45. The summed E-state index contributed by atoms with van der Waals surface area (Å²) >= 11 is 0. The fourth-order valence-corrected chi connectivity index (χ4v) is 1.51. The minimum Gasteiger partial charge on any atom is -0.375 e. The van der Waals surface area contributed by atoms with Crippen molar-refractivity contribution < 1.29 is 9.47 Å². The highest BCUT2D eigenvalue weighted by molar-refractivity contribution is 5.39. The first-order valence-electron chi connectivity index (χ1n) is 5.08. The van der Waals surface area contributed by atoms with E-state index < -0.39 is 5.79 Å². The molecule has 0 amide bonds. The van der Waals surface area contributed by atoms with Crippen LogP contribution in [0.4, 0.5) is 5.69 Å². The van der Waals surface area contributed by atoms with Crippen LogP contribution in [-0.4, -0.2) is 34.8 Å². The van der Waals surface area contributed by atoms with Crippen LogP contribution in [0.5, 0.6) is 0 Å². The third-order valence-electron chi connectivity index (χ3n) is 2.34. The first kappa shape index (κ1) is 10.4. The second-order valence-electron chi connectivity index (χ2n) is 4.27. The van der Waals surface area contributed by atoms with Gasteiger partial charge in [-0.3, -0.25) is 4.68 Å². The minimum absolute atomic E-state index is 0.197. The lowest BCUT2D eigenvalue weighted by molar-refractivity contribution is -0.247. The fraction of sp³-hybridized carbons (Fsp3) is 0.700. The smallest absolute Gasteiger partial charge is 0.162 e. The maximum Gasteiger partial charge on any atom is 0.162 e. The fourth-order valence-electron chi connectivity index (χ4n) is 1.51. The molecule has 1 aliphatic rings. The number of hydrogen-bond acceptors (Lipinski definition) is 4. The van der Waals surface area contributed by atoms with Gasteiger partial charge in [-0.1, -0.05) is 0 Å². The third kappa shape index (κ3) is 2.70. The summed E-state index contributed by atoms with van der Waals surface area (Å²) in [7, 11) is 1.89. The van der Waals surface area contributed by atoms with Crippen molar-refractivity contribution in [1.29, 1.82) is 0 Å². The van der Waals surface area contributed by atoms with Crippen molar-refractivity contribution in [2.75, 3.05) is 18.5 Å². The van der Waals surface area contributed by atoms with E-state index in [9.17, 15) is 0 Å². The SMILES string of the molecule is Cn1cc(NC2COC(C)(C)OC2)cn1. The molecule has 0 saturated carbocycles. The Kier molecular flexibility index (Phi) is 2.67. The molecule has 1 saturated heterocycles. The quantitative estimate of drug-likeness (QED) is 0.792. The number of nitrogens with zero attached hydrogens (tertiary/aromatic N) is 2. The van der Waals surface area contributed by atoms with E-state index in [4.69, 9.17) is 9.47 Å². The van der Waals surface area contributed by atoms with Crippen molar-refractivity contribution in [3.63, 3.8) is 0 Å². The van der Waals surface area contributed by atoms with E-state index in [1.807, 2.05) is 27.1 Å². The van der Waals surface area contributed by atoms with E-state index >= 15 is 0 Å². The maximum atomic E-state index is 5.54. The lowest BCUT2D eigenvalue weighted by atomic mass is 10.2. The van der Waals surface area contributed by atoms with Gasteiger partial charge in [-0.2, -0.15) is 5.10 Å². The average molecular weight is 211 g/mol. The molecule has 1 fully saturated rings. The van der Waals surface area contributed by atoms with E-state index in [0.717, 1.165) is 5.69 Å². The molecule has 5 nitrogen and oxygen atoms in total. The summed E-state index contributed by atoms with van der Waals surface area (Å²) in [5.41, 5.74) is 0.995. The Balaban J connectivity index is 1.87. The summed E-state index contributed by atoms with van der Waals surface area (Å²) < 4.78 is 12.9. The van der Waals surface area contributed by atoms with Crippen molar-refractivity contribution in [3.05, 3.63) is 12.4 Å². The molecule has 1 aromatic heterocycles. The van der Waals surface area contributed by atoms with Crippen LogP contribution >= 0.6 is 0 Å². The molecule has 0 bridgehead atoms. The van der Waals surface area contributed by atoms with Crippen molar-refractivity contribution in [2.24, 2.45) is 7.05 Å². The molecule has 1 aliphatic heterocycles. The van der Waals surface area contributed by atoms with Crippen LogP contribution in [0.3, 0.4) is 0 Å². The second kappa shape index (κ2) is 3.83. The highest BCUT2D eigenvalue weighted by Crippen LogP contribution is 2.19. The van der Waals surface area contributed by atoms with Gasteiger partial charge in [0.05, 0.1) is 31.1 Å². The van der Waals surface area contributed by atoms with Crippen LogP contribution < -0.4 is 5.32 Å². The average Bonchev–Trinajstić information content (AvgIpc) is 2.55. The van der Waals surface area contributed by atoms with Gasteiger partial charge in [-0.15, -0.1) is 0 Å². The van der Waals surface area contributed by atoms with Gasteiger partial charge in [0.1, 0.15) is 0 Å². The molecule has 0 spiro atoms. The topological polar surface area (TPSA) is 48.3 Å². The number of ether oxygens (including phenoxy) is 2. The van der Waals surface area contributed by atoms with Gasteiger partial charge < -0.3 is 14.8 Å². The van der Waals surface area contributed by atoms with Gasteiger partial charge in [-0.25, -0.2) is 0 Å². The second-order valence-corrected chi connectivity index (χ2v) is 4.27. The van der Waals surface area contributed by atoms with Crippen LogP contribution in [0.15, 0.2) is 12.4 Å². The van der Waals surface area contributed by atoms with Crippen molar-refractivity contribution >= 4 is 5.69 Å². The standard InChI is InChI=1S/C10H17N3O2/c1-10(2)14-6-9(7-15-10)12-8-4-11-13(3)5-8/h4-5,9,12H,6-7H2,1-3H3. The van der Waals surface area contributed by atoms with Crippen LogP contribution in [0.1, 0.15) is 13.8 Å². The van der Waals surface area contributed by atoms with Crippen LogP contribution in [-0.2, 0) is 16.5 Å². The van der Waals surface area contributed by atoms with Gasteiger partial charge in [-0.05, 0) is 13.8 Å². The Hall–Kier alpha value is -1.07. The Bertz CT molecular complexity index is 325. The molecule has 2 rings (SSSR count). The molecule has 0 atom stereocenters.